The Bertz CT molecular complexity index is 534. The van der Waals surface area contributed by atoms with Crippen molar-refractivity contribution in [1.82, 2.24) is 20.2 Å². The van der Waals surface area contributed by atoms with Crippen LogP contribution >= 0.6 is 0 Å². The molecular weight excluding hydrogens is 268 g/mol. The van der Waals surface area contributed by atoms with Gasteiger partial charge in [-0.25, -0.2) is 9.78 Å². The number of nitrogens with one attached hydrogen (secondary N) is 2. The molecule has 2 aliphatic heterocycles. The zero-order valence-corrected chi connectivity index (χ0v) is 13.0. The fraction of sp³-hybridized carbons (Fsp3) is 0.733. The van der Waals surface area contributed by atoms with Crippen molar-refractivity contribution in [2.75, 3.05) is 19.6 Å². The summed E-state index contributed by atoms with van der Waals surface area (Å²) in [6.45, 7) is 7.98. The summed E-state index contributed by atoms with van der Waals surface area (Å²) in [6.07, 6.45) is 4.45. The average Bonchev–Trinajstić information content (AvgIpc) is 2.87. The SMILES string of the molecule is CC(C)(C)OC(=O)N1CCCC2(C1)NCCc1[nH]cnc12. The summed E-state index contributed by atoms with van der Waals surface area (Å²) in [6, 6.07) is 0. The van der Waals surface area contributed by atoms with Crippen molar-refractivity contribution >= 4 is 6.09 Å². The number of fused-ring (bicyclic) bond motifs is 2. The molecular formula is C15H24N4O2. The van der Waals surface area contributed by atoms with Gasteiger partial charge in [-0.15, -0.1) is 0 Å². The summed E-state index contributed by atoms with van der Waals surface area (Å²) in [7, 11) is 0. The van der Waals surface area contributed by atoms with E-state index in [0.717, 1.165) is 38.0 Å². The van der Waals surface area contributed by atoms with Gasteiger partial charge in [0.1, 0.15) is 5.60 Å². The summed E-state index contributed by atoms with van der Waals surface area (Å²) in [5.74, 6) is 0. The number of carbonyl (C=O) groups is 1. The molecule has 6 nitrogen and oxygen atoms in total. The van der Waals surface area contributed by atoms with Crippen molar-refractivity contribution in [3.05, 3.63) is 17.7 Å². The highest BCUT2D eigenvalue weighted by atomic mass is 16.6. The minimum absolute atomic E-state index is 0.220. The first-order valence-electron chi connectivity index (χ1n) is 7.65. The summed E-state index contributed by atoms with van der Waals surface area (Å²) < 4.78 is 5.51. The minimum atomic E-state index is -0.459. The largest absolute Gasteiger partial charge is 0.444 e. The Labute approximate surface area is 125 Å². The maximum Gasteiger partial charge on any atom is 0.410 e. The second-order valence-electron chi connectivity index (χ2n) is 6.99. The second-order valence-corrected chi connectivity index (χ2v) is 6.99. The highest BCUT2D eigenvalue weighted by molar-refractivity contribution is 5.68. The number of rotatable bonds is 0. The van der Waals surface area contributed by atoms with Gasteiger partial charge in [0.15, 0.2) is 0 Å². The molecule has 1 aromatic heterocycles. The zero-order chi connectivity index (χ0) is 15.1. The predicted octanol–water partition coefficient (Wildman–Crippen LogP) is 1.78. The van der Waals surface area contributed by atoms with Gasteiger partial charge in [0.05, 0.1) is 17.6 Å². The van der Waals surface area contributed by atoms with Crippen LogP contribution in [0.5, 0.6) is 0 Å². The predicted molar refractivity (Wildman–Crippen MR) is 79.0 cm³/mol. The monoisotopic (exact) mass is 292 g/mol. The van der Waals surface area contributed by atoms with E-state index in [4.69, 9.17) is 4.74 Å². The quantitative estimate of drug-likeness (QED) is 0.765. The molecule has 3 heterocycles. The molecule has 0 radical (unpaired) electrons. The van der Waals surface area contributed by atoms with Gasteiger partial charge in [0.2, 0.25) is 0 Å². The van der Waals surface area contributed by atoms with Gasteiger partial charge >= 0.3 is 6.09 Å². The van der Waals surface area contributed by atoms with Crippen LogP contribution in [-0.4, -0.2) is 46.2 Å². The van der Waals surface area contributed by atoms with Crippen LogP contribution in [0.1, 0.15) is 45.0 Å². The van der Waals surface area contributed by atoms with Crippen LogP contribution in [0.4, 0.5) is 4.79 Å². The molecule has 1 fully saturated rings. The molecule has 0 aliphatic carbocycles. The van der Waals surface area contributed by atoms with Gasteiger partial charge < -0.3 is 19.9 Å². The molecule has 2 N–H and O–H groups in total. The number of H-pyrrole nitrogens is 1. The third-order valence-electron chi connectivity index (χ3n) is 4.15. The van der Waals surface area contributed by atoms with Crippen molar-refractivity contribution in [3.63, 3.8) is 0 Å². The lowest BCUT2D eigenvalue weighted by atomic mass is 9.82. The molecule has 1 spiro atoms. The number of aromatic amines is 1. The van der Waals surface area contributed by atoms with Crippen LogP contribution in [0.25, 0.3) is 0 Å². The lowest BCUT2D eigenvalue weighted by molar-refractivity contribution is 0.00924. The fourth-order valence-electron chi connectivity index (χ4n) is 3.31. The topological polar surface area (TPSA) is 70.2 Å². The highest BCUT2D eigenvalue weighted by Crippen LogP contribution is 2.35. The number of likely N-dealkylation sites (tertiary alicyclic amines) is 1. The molecule has 1 atom stereocenters. The molecule has 21 heavy (non-hydrogen) atoms. The van der Waals surface area contributed by atoms with Crippen LogP contribution in [-0.2, 0) is 16.7 Å². The van der Waals surface area contributed by atoms with Crippen molar-refractivity contribution in [1.29, 1.82) is 0 Å². The summed E-state index contributed by atoms with van der Waals surface area (Å²) in [5.41, 5.74) is 1.59. The lowest BCUT2D eigenvalue weighted by Crippen LogP contribution is -2.59. The number of aromatic nitrogens is 2. The van der Waals surface area contributed by atoms with E-state index in [1.165, 1.54) is 5.69 Å². The number of carbonyl (C=O) groups excluding carboxylic acids is 1. The molecule has 116 valence electrons. The van der Waals surface area contributed by atoms with Gasteiger partial charge in [0, 0.05) is 31.7 Å². The Balaban J connectivity index is 1.80. The summed E-state index contributed by atoms with van der Waals surface area (Å²) >= 11 is 0. The Morgan fingerprint density at radius 1 is 1.48 bits per heavy atom. The fourth-order valence-corrected chi connectivity index (χ4v) is 3.31. The van der Waals surface area contributed by atoms with E-state index in [9.17, 15) is 4.79 Å². The molecule has 0 aromatic carbocycles. The molecule has 6 heteroatoms. The maximum atomic E-state index is 12.3. The molecule has 0 bridgehead atoms. The number of ether oxygens (including phenoxy) is 1. The number of hydrogen-bond donors (Lipinski definition) is 2. The van der Waals surface area contributed by atoms with Crippen LogP contribution in [0.15, 0.2) is 6.33 Å². The first-order valence-corrected chi connectivity index (χ1v) is 7.65. The number of piperidine rings is 1. The van der Waals surface area contributed by atoms with Crippen molar-refractivity contribution in [2.45, 2.75) is 51.2 Å². The first-order chi connectivity index (χ1) is 9.90. The van der Waals surface area contributed by atoms with E-state index in [0.29, 0.717) is 6.54 Å². The Hall–Kier alpha value is -1.56. The van der Waals surface area contributed by atoms with Crippen LogP contribution in [0.2, 0.25) is 0 Å². The standard InChI is InChI=1S/C15H24N4O2/c1-14(2,3)21-13(20)19-8-4-6-15(9-19)12-11(5-7-18-15)16-10-17-12/h10,18H,4-9H2,1-3H3,(H,16,17). The maximum absolute atomic E-state index is 12.3. The van der Waals surface area contributed by atoms with Gasteiger partial charge in [-0.1, -0.05) is 0 Å². The summed E-state index contributed by atoms with van der Waals surface area (Å²) in [4.78, 5) is 21.9. The normalized spacial score (nSPS) is 25.8. The molecule has 1 aromatic rings. The molecule has 1 unspecified atom stereocenters. The van der Waals surface area contributed by atoms with Crippen LogP contribution in [0, 0.1) is 0 Å². The number of imidazole rings is 1. The van der Waals surface area contributed by atoms with E-state index >= 15 is 0 Å². The van der Waals surface area contributed by atoms with Crippen molar-refractivity contribution in [3.8, 4) is 0 Å². The van der Waals surface area contributed by atoms with Crippen molar-refractivity contribution in [2.24, 2.45) is 0 Å². The first kappa shape index (κ1) is 14.4. The zero-order valence-electron chi connectivity index (χ0n) is 13.0. The highest BCUT2D eigenvalue weighted by Gasteiger charge is 2.43. The molecule has 2 aliphatic rings. The number of hydrogen-bond acceptors (Lipinski definition) is 4. The Kier molecular flexibility index (Phi) is 3.43. The van der Waals surface area contributed by atoms with E-state index in [-0.39, 0.29) is 11.6 Å². The minimum Gasteiger partial charge on any atom is -0.444 e. The Morgan fingerprint density at radius 2 is 2.29 bits per heavy atom. The van der Waals surface area contributed by atoms with E-state index in [1.807, 2.05) is 25.7 Å². The third kappa shape index (κ3) is 2.77. The number of nitrogens with zero attached hydrogens (tertiary/aromatic N) is 2. The third-order valence-corrected chi connectivity index (χ3v) is 4.15. The van der Waals surface area contributed by atoms with Gasteiger partial charge in [0.25, 0.3) is 0 Å². The molecule has 3 rings (SSSR count). The number of amides is 1. The van der Waals surface area contributed by atoms with Crippen LogP contribution in [0.3, 0.4) is 0 Å². The second kappa shape index (κ2) is 5.02. The van der Waals surface area contributed by atoms with E-state index in [2.05, 4.69) is 15.3 Å². The van der Waals surface area contributed by atoms with Crippen molar-refractivity contribution < 1.29 is 9.53 Å². The molecule has 1 saturated heterocycles. The van der Waals surface area contributed by atoms with E-state index in [1.54, 1.807) is 6.33 Å². The Morgan fingerprint density at radius 3 is 3.05 bits per heavy atom. The summed E-state index contributed by atoms with van der Waals surface area (Å²) in [5, 5.41) is 3.59. The van der Waals surface area contributed by atoms with Gasteiger partial charge in [-0.3, -0.25) is 0 Å². The smallest absolute Gasteiger partial charge is 0.410 e. The van der Waals surface area contributed by atoms with E-state index < -0.39 is 5.60 Å². The lowest BCUT2D eigenvalue weighted by Gasteiger charge is -2.44. The molecule has 1 amide bonds. The van der Waals surface area contributed by atoms with Gasteiger partial charge in [-0.05, 0) is 33.6 Å². The molecule has 0 saturated carbocycles. The van der Waals surface area contributed by atoms with Gasteiger partial charge in [-0.2, -0.15) is 0 Å². The van der Waals surface area contributed by atoms with Crippen LogP contribution < -0.4 is 5.32 Å². The average molecular weight is 292 g/mol.